The second-order valence-electron chi connectivity index (χ2n) is 6.23. The van der Waals surface area contributed by atoms with Crippen molar-refractivity contribution < 1.29 is 9.53 Å². The summed E-state index contributed by atoms with van der Waals surface area (Å²) >= 11 is 0. The van der Waals surface area contributed by atoms with Gasteiger partial charge in [0.2, 0.25) is 0 Å². The minimum Gasteiger partial charge on any atom is -0.469 e. The zero-order valence-electron chi connectivity index (χ0n) is 14.4. The molecule has 0 fully saturated rings. The van der Waals surface area contributed by atoms with Crippen molar-refractivity contribution in [2.75, 3.05) is 7.11 Å². The molecular formula is C17H28ClNO2. The Labute approximate surface area is 134 Å². The summed E-state index contributed by atoms with van der Waals surface area (Å²) in [6, 6.07) is -0.382. The molecule has 1 aromatic rings. The third kappa shape index (κ3) is 3.24. The maximum Gasteiger partial charge on any atom is 0.313 e. The number of esters is 1. The molecule has 3 nitrogen and oxygen atoms in total. The first-order chi connectivity index (χ1) is 9.07. The summed E-state index contributed by atoms with van der Waals surface area (Å²) < 4.78 is 4.90. The number of nitrogens with two attached hydrogens (primary N) is 1. The molecule has 4 heteroatoms. The number of carbonyl (C=O) groups excluding carboxylic acids is 1. The maximum absolute atomic E-state index is 12.0. The molecule has 0 aliphatic rings. The highest BCUT2D eigenvalue weighted by atomic mass is 35.5. The highest BCUT2D eigenvalue weighted by Crippen LogP contribution is 2.38. The highest BCUT2D eigenvalue weighted by Gasteiger charge is 2.38. The van der Waals surface area contributed by atoms with Crippen LogP contribution in [0.1, 0.15) is 53.3 Å². The Kier molecular flexibility index (Phi) is 6.46. The third-order valence-corrected chi connectivity index (χ3v) is 4.86. The largest absolute Gasteiger partial charge is 0.469 e. The Balaban J connectivity index is 0.00000400. The van der Waals surface area contributed by atoms with Gasteiger partial charge in [-0.3, -0.25) is 4.79 Å². The van der Waals surface area contributed by atoms with E-state index in [1.165, 1.54) is 34.9 Å². The lowest BCUT2D eigenvalue weighted by atomic mass is 9.76. The van der Waals surface area contributed by atoms with E-state index in [1.807, 2.05) is 13.8 Å². The van der Waals surface area contributed by atoms with Gasteiger partial charge < -0.3 is 10.5 Å². The van der Waals surface area contributed by atoms with Crippen LogP contribution in [0.25, 0.3) is 0 Å². The molecule has 0 aliphatic carbocycles. The Hall–Kier alpha value is -1.06. The molecule has 0 unspecified atom stereocenters. The van der Waals surface area contributed by atoms with Gasteiger partial charge in [-0.05, 0) is 81.8 Å². The van der Waals surface area contributed by atoms with Crippen LogP contribution in [0.2, 0.25) is 0 Å². The summed E-state index contributed by atoms with van der Waals surface area (Å²) in [7, 11) is 1.40. The van der Waals surface area contributed by atoms with Crippen LogP contribution in [-0.2, 0) is 9.53 Å². The van der Waals surface area contributed by atoms with Gasteiger partial charge in [0.05, 0.1) is 12.5 Å². The number of carbonyl (C=O) groups is 1. The second kappa shape index (κ2) is 6.80. The lowest BCUT2D eigenvalue weighted by Gasteiger charge is -2.32. The van der Waals surface area contributed by atoms with Crippen molar-refractivity contribution in [3.8, 4) is 0 Å². The van der Waals surface area contributed by atoms with Crippen molar-refractivity contribution >= 4 is 18.4 Å². The van der Waals surface area contributed by atoms with Crippen molar-refractivity contribution in [2.24, 2.45) is 11.1 Å². The van der Waals surface area contributed by atoms with E-state index in [0.717, 1.165) is 5.56 Å². The third-order valence-electron chi connectivity index (χ3n) is 4.86. The van der Waals surface area contributed by atoms with Gasteiger partial charge in [-0.2, -0.15) is 0 Å². The molecule has 0 radical (unpaired) electrons. The van der Waals surface area contributed by atoms with Gasteiger partial charge in [0, 0.05) is 6.04 Å². The molecule has 1 atom stereocenters. The molecule has 1 rings (SSSR count). The van der Waals surface area contributed by atoms with Gasteiger partial charge in [-0.1, -0.05) is 0 Å². The summed E-state index contributed by atoms with van der Waals surface area (Å²) in [5, 5.41) is 0. The van der Waals surface area contributed by atoms with E-state index in [9.17, 15) is 4.79 Å². The lowest BCUT2D eigenvalue weighted by Crippen LogP contribution is -2.38. The van der Waals surface area contributed by atoms with Gasteiger partial charge in [-0.15, -0.1) is 12.4 Å². The number of hydrogen-bond acceptors (Lipinski definition) is 3. The summed E-state index contributed by atoms with van der Waals surface area (Å²) in [6.07, 6.45) is 0. The molecule has 0 saturated heterocycles. The molecule has 0 saturated carbocycles. The molecule has 0 aliphatic heterocycles. The predicted octanol–water partition coefficient (Wildman–Crippen LogP) is 3.85. The molecule has 0 spiro atoms. The summed E-state index contributed by atoms with van der Waals surface area (Å²) in [6.45, 7) is 14.2. The second-order valence-corrected chi connectivity index (χ2v) is 6.23. The average molecular weight is 314 g/mol. The SMILES string of the molecule is COC(=O)C(C)(C)[C@@H](N)c1c(C)c(C)c(C)c(C)c1C.Cl. The predicted molar refractivity (Wildman–Crippen MR) is 90.1 cm³/mol. The van der Waals surface area contributed by atoms with Crippen molar-refractivity contribution in [3.05, 3.63) is 33.4 Å². The molecule has 0 heterocycles. The summed E-state index contributed by atoms with van der Waals surface area (Å²) in [5.74, 6) is -0.278. The van der Waals surface area contributed by atoms with E-state index >= 15 is 0 Å². The van der Waals surface area contributed by atoms with Crippen LogP contribution in [-0.4, -0.2) is 13.1 Å². The minimum absolute atomic E-state index is 0. The summed E-state index contributed by atoms with van der Waals surface area (Å²) in [5.41, 5.74) is 12.9. The molecule has 0 bridgehead atoms. The first kappa shape index (κ1) is 19.9. The van der Waals surface area contributed by atoms with E-state index in [0.29, 0.717) is 0 Å². The quantitative estimate of drug-likeness (QED) is 0.862. The smallest absolute Gasteiger partial charge is 0.313 e. The van der Waals surface area contributed by atoms with Crippen LogP contribution in [0.4, 0.5) is 0 Å². The van der Waals surface area contributed by atoms with Gasteiger partial charge >= 0.3 is 5.97 Å². The minimum atomic E-state index is -0.752. The molecule has 2 N–H and O–H groups in total. The number of hydrogen-bond donors (Lipinski definition) is 1. The number of halogens is 1. The number of ether oxygens (including phenoxy) is 1. The van der Waals surface area contributed by atoms with Crippen LogP contribution < -0.4 is 5.73 Å². The van der Waals surface area contributed by atoms with E-state index in [-0.39, 0.29) is 24.4 Å². The van der Waals surface area contributed by atoms with Crippen LogP contribution in [0, 0.1) is 40.0 Å². The number of methoxy groups -OCH3 is 1. The van der Waals surface area contributed by atoms with Crippen LogP contribution in [0.15, 0.2) is 0 Å². The van der Waals surface area contributed by atoms with Crippen molar-refractivity contribution in [1.29, 1.82) is 0 Å². The van der Waals surface area contributed by atoms with E-state index in [4.69, 9.17) is 10.5 Å². The topological polar surface area (TPSA) is 52.3 Å². The Morgan fingerprint density at radius 1 is 0.952 bits per heavy atom. The first-order valence-electron chi connectivity index (χ1n) is 6.98. The van der Waals surface area contributed by atoms with E-state index in [2.05, 4.69) is 34.6 Å². The zero-order chi connectivity index (χ0) is 15.8. The van der Waals surface area contributed by atoms with Gasteiger partial charge in [0.15, 0.2) is 0 Å². The zero-order valence-corrected chi connectivity index (χ0v) is 15.2. The van der Waals surface area contributed by atoms with Gasteiger partial charge in [-0.25, -0.2) is 0 Å². The molecule has 0 aromatic heterocycles. The van der Waals surface area contributed by atoms with E-state index in [1.54, 1.807) is 0 Å². The summed E-state index contributed by atoms with van der Waals surface area (Å²) in [4.78, 5) is 12.0. The number of rotatable bonds is 3. The Bertz CT molecular complexity index is 521. The molecular weight excluding hydrogens is 286 g/mol. The molecule has 0 amide bonds. The van der Waals surface area contributed by atoms with Gasteiger partial charge in [0.25, 0.3) is 0 Å². The number of benzene rings is 1. The average Bonchev–Trinajstić information content (AvgIpc) is 2.41. The van der Waals surface area contributed by atoms with Crippen LogP contribution >= 0.6 is 12.4 Å². The Morgan fingerprint density at radius 3 is 1.62 bits per heavy atom. The standard InChI is InChI=1S/C17H27NO2.ClH/c1-9-10(2)12(4)14(13(5)11(9)3)15(18)17(6,7)16(19)20-8;/h15H,18H2,1-8H3;1H/t15-;/m0./s1. The molecule has 120 valence electrons. The van der Waals surface area contributed by atoms with E-state index < -0.39 is 5.41 Å². The van der Waals surface area contributed by atoms with Crippen molar-refractivity contribution in [3.63, 3.8) is 0 Å². The highest BCUT2D eigenvalue weighted by molar-refractivity contribution is 5.85. The first-order valence-corrected chi connectivity index (χ1v) is 6.98. The van der Waals surface area contributed by atoms with Crippen molar-refractivity contribution in [1.82, 2.24) is 0 Å². The fourth-order valence-corrected chi connectivity index (χ4v) is 2.75. The van der Waals surface area contributed by atoms with Crippen LogP contribution in [0.3, 0.4) is 0 Å². The fraction of sp³-hybridized carbons (Fsp3) is 0.588. The van der Waals surface area contributed by atoms with Crippen molar-refractivity contribution in [2.45, 2.75) is 54.5 Å². The van der Waals surface area contributed by atoms with Crippen LogP contribution in [0.5, 0.6) is 0 Å². The molecule has 21 heavy (non-hydrogen) atoms. The molecule has 1 aromatic carbocycles. The fourth-order valence-electron chi connectivity index (χ4n) is 2.75. The maximum atomic E-state index is 12.0. The Morgan fingerprint density at radius 2 is 1.29 bits per heavy atom. The monoisotopic (exact) mass is 313 g/mol. The normalized spacial score (nSPS) is 12.6. The lowest BCUT2D eigenvalue weighted by molar-refractivity contribution is -0.152. The van der Waals surface area contributed by atoms with Gasteiger partial charge in [0.1, 0.15) is 0 Å².